The molecule has 0 N–H and O–H groups in total. The predicted molar refractivity (Wildman–Crippen MR) is 78.1 cm³/mol. The highest BCUT2D eigenvalue weighted by Crippen LogP contribution is 2.27. The van der Waals surface area contributed by atoms with Gasteiger partial charge >= 0.3 is 0 Å². The largest absolute Gasteiger partial charge is 0.345 e. The lowest BCUT2D eigenvalue weighted by Gasteiger charge is -2.24. The topological polar surface area (TPSA) is 59.4 Å². The van der Waals surface area contributed by atoms with Crippen LogP contribution in [0.3, 0.4) is 0 Å². The fourth-order valence-corrected chi connectivity index (χ4v) is 4.23. The first-order valence-electron chi connectivity index (χ1n) is 6.84. The first kappa shape index (κ1) is 15.1. The third kappa shape index (κ3) is 2.90. The molecule has 1 aromatic rings. The van der Waals surface area contributed by atoms with Crippen molar-refractivity contribution in [2.45, 2.75) is 43.7 Å². The van der Waals surface area contributed by atoms with E-state index in [1.807, 2.05) is 24.5 Å². The Balaban J connectivity index is 2.01. The quantitative estimate of drug-likeness (QED) is 0.845. The van der Waals surface area contributed by atoms with Gasteiger partial charge in [0.15, 0.2) is 9.84 Å². The molecule has 1 amide bonds. The average molecular weight is 298 g/mol. The second kappa shape index (κ2) is 5.24. The van der Waals surface area contributed by atoms with Crippen molar-refractivity contribution < 1.29 is 13.2 Å². The molecule has 2 heterocycles. The Kier molecular flexibility index (Phi) is 3.95. The summed E-state index contributed by atoms with van der Waals surface area (Å²) in [5.74, 6) is -0.0205. The molecular formula is C14H22N2O3S. The summed E-state index contributed by atoms with van der Waals surface area (Å²) in [5, 5.41) is -0.434. The maximum Gasteiger partial charge on any atom is 0.242 e. The summed E-state index contributed by atoms with van der Waals surface area (Å²) in [7, 11) is -3.21. The summed E-state index contributed by atoms with van der Waals surface area (Å²) < 4.78 is 25.8. The number of carbonyl (C=O) groups is 1. The molecule has 1 unspecified atom stereocenters. The average Bonchev–Trinajstić information content (AvgIpc) is 2.97. The number of likely N-dealkylation sites (tertiary alicyclic amines) is 1. The molecule has 5 nitrogen and oxygen atoms in total. The molecule has 1 saturated heterocycles. The molecule has 1 fully saturated rings. The Bertz CT molecular complexity index is 570. The van der Waals surface area contributed by atoms with Gasteiger partial charge < -0.3 is 9.47 Å². The number of nitrogens with zero attached hydrogens (tertiary/aromatic N) is 2. The molecular weight excluding hydrogens is 276 g/mol. The van der Waals surface area contributed by atoms with Gasteiger partial charge in [-0.25, -0.2) is 8.42 Å². The highest BCUT2D eigenvalue weighted by atomic mass is 32.2. The Hall–Kier alpha value is -1.30. The number of carbonyl (C=O) groups excluding carboxylic acids is 1. The fraction of sp³-hybridized carbons (Fsp3) is 0.643. The van der Waals surface area contributed by atoms with Crippen molar-refractivity contribution in [2.75, 3.05) is 13.1 Å². The minimum Gasteiger partial charge on any atom is -0.345 e. The molecule has 1 aliphatic heterocycles. The van der Waals surface area contributed by atoms with Crippen molar-refractivity contribution in [1.29, 1.82) is 0 Å². The van der Waals surface area contributed by atoms with Gasteiger partial charge in [-0.15, -0.1) is 0 Å². The van der Waals surface area contributed by atoms with Crippen LogP contribution in [0.25, 0.3) is 0 Å². The van der Waals surface area contributed by atoms with Crippen LogP contribution in [0.2, 0.25) is 0 Å². The summed E-state index contributed by atoms with van der Waals surface area (Å²) in [6.45, 7) is 6.26. The third-order valence-corrected chi connectivity index (χ3v) is 6.74. The summed E-state index contributed by atoms with van der Waals surface area (Å²) in [4.78, 5) is 13.8. The first-order chi connectivity index (χ1) is 9.22. The Labute approximate surface area is 120 Å². The SMILES string of the molecule is CC(C)(C)S(=O)(=O)C1CCN(C(=O)Cn2cccc2)C1. The van der Waals surface area contributed by atoms with Crippen LogP contribution >= 0.6 is 0 Å². The van der Waals surface area contributed by atoms with Crippen LogP contribution in [0.4, 0.5) is 0 Å². The van der Waals surface area contributed by atoms with Gasteiger partial charge in [0.25, 0.3) is 0 Å². The maximum atomic E-state index is 12.4. The van der Waals surface area contributed by atoms with Gasteiger partial charge in [-0.05, 0) is 39.3 Å². The third-order valence-electron chi connectivity index (χ3n) is 3.77. The first-order valence-corrected chi connectivity index (χ1v) is 8.38. The number of rotatable bonds is 3. The molecule has 6 heteroatoms. The number of sulfone groups is 1. The Morgan fingerprint density at radius 3 is 2.40 bits per heavy atom. The molecule has 0 saturated carbocycles. The van der Waals surface area contributed by atoms with E-state index in [4.69, 9.17) is 0 Å². The monoisotopic (exact) mass is 298 g/mol. The number of hydrogen-bond acceptors (Lipinski definition) is 3. The van der Waals surface area contributed by atoms with Gasteiger partial charge in [-0.1, -0.05) is 0 Å². The van der Waals surface area contributed by atoms with Gasteiger partial charge in [0.2, 0.25) is 5.91 Å². The van der Waals surface area contributed by atoms with Crippen LogP contribution < -0.4 is 0 Å². The van der Waals surface area contributed by atoms with Crippen LogP contribution in [0, 0.1) is 0 Å². The van der Waals surface area contributed by atoms with Crippen LogP contribution in [0.15, 0.2) is 24.5 Å². The highest BCUT2D eigenvalue weighted by molar-refractivity contribution is 7.93. The highest BCUT2D eigenvalue weighted by Gasteiger charge is 2.41. The zero-order valence-corrected chi connectivity index (χ0v) is 13.1. The lowest BCUT2D eigenvalue weighted by Crippen LogP contribution is -2.40. The standard InChI is InChI=1S/C14H22N2O3S/c1-14(2,3)20(18,19)12-6-9-16(10-12)13(17)11-15-7-4-5-8-15/h4-5,7-8,12H,6,9-11H2,1-3H3. The maximum absolute atomic E-state index is 12.4. The number of hydrogen-bond donors (Lipinski definition) is 0. The molecule has 0 bridgehead atoms. The molecule has 0 radical (unpaired) electrons. The molecule has 1 aliphatic rings. The predicted octanol–water partition coefficient (Wildman–Crippen LogP) is 1.30. The van der Waals surface area contributed by atoms with E-state index >= 15 is 0 Å². The lowest BCUT2D eigenvalue weighted by atomic mass is 10.3. The zero-order chi connectivity index (χ0) is 15.0. The molecule has 1 atom stereocenters. The molecule has 1 aromatic heterocycles. The molecule has 2 rings (SSSR count). The Morgan fingerprint density at radius 1 is 1.25 bits per heavy atom. The van der Waals surface area contributed by atoms with Crippen LogP contribution in [0.5, 0.6) is 0 Å². The van der Waals surface area contributed by atoms with Gasteiger partial charge in [-0.3, -0.25) is 4.79 Å². The molecule has 0 aliphatic carbocycles. The van der Waals surface area contributed by atoms with E-state index in [1.54, 1.807) is 30.2 Å². The van der Waals surface area contributed by atoms with E-state index in [-0.39, 0.29) is 12.5 Å². The summed E-state index contributed by atoms with van der Waals surface area (Å²) in [5.41, 5.74) is 0. The van der Waals surface area contributed by atoms with Crippen molar-refractivity contribution >= 4 is 15.7 Å². The van der Waals surface area contributed by atoms with E-state index in [0.29, 0.717) is 19.5 Å². The molecule has 112 valence electrons. The minimum atomic E-state index is -3.21. The van der Waals surface area contributed by atoms with Crippen LogP contribution in [-0.4, -0.2) is 46.9 Å². The van der Waals surface area contributed by atoms with E-state index in [2.05, 4.69) is 0 Å². The van der Waals surface area contributed by atoms with E-state index in [0.717, 1.165) is 0 Å². The van der Waals surface area contributed by atoms with Gasteiger partial charge in [0.1, 0.15) is 6.54 Å². The van der Waals surface area contributed by atoms with Crippen molar-refractivity contribution in [1.82, 2.24) is 9.47 Å². The van der Waals surface area contributed by atoms with Gasteiger partial charge in [0.05, 0.1) is 10.00 Å². The molecule has 20 heavy (non-hydrogen) atoms. The molecule has 0 aromatic carbocycles. The smallest absolute Gasteiger partial charge is 0.242 e. The van der Waals surface area contributed by atoms with Crippen LogP contribution in [-0.2, 0) is 21.2 Å². The van der Waals surface area contributed by atoms with Gasteiger partial charge in [0, 0.05) is 25.5 Å². The minimum absolute atomic E-state index is 0.0205. The van der Waals surface area contributed by atoms with Crippen molar-refractivity contribution in [2.24, 2.45) is 0 Å². The van der Waals surface area contributed by atoms with E-state index in [9.17, 15) is 13.2 Å². The van der Waals surface area contributed by atoms with Gasteiger partial charge in [-0.2, -0.15) is 0 Å². The van der Waals surface area contributed by atoms with E-state index in [1.165, 1.54) is 0 Å². The van der Waals surface area contributed by atoms with Crippen molar-refractivity contribution in [3.05, 3.63) is 24.5 Å². The lowest BCUT2D eigenvalue weighted by molar-refractivity contribution is -0.130. The molecule has 0 spiro atoms. The summed E-state index contributed by atoms with van der Waals surface area (Å²) in [6, 6.07) is 3.73. The number of aromatic nitrogens is 1. The zero-order valence-electron chi connectivity index (χ0n) is 12.2. The van der Waals surface area contributed by atoms with E-state index < -0.39 is 19.8 Å². The van der Waals surface area contributed by atoms with Crippen molar-refractivity contribution in [3.8, 4) is 0 Å². The Morgan fingerprint density at radius 2 is 1.85 bits per heavy atom. The number of amides is 1. The summed E-state index contributed by atoms with van der Waals surface area (Å²) in [6.07, 6.45) is 4.20. The second-order valence-electron chi connectivity index (χ2n) is 6.26. The normalized spacial score (nSPS) is 20.4. The van der Waals surface area contributed by atoms with Crippen molar-refractivity contribution in [3.63, 3.8) is 0 Å². The van der Waals surface area contributed by atoms with Crippen LogP contribution in [0.1, 0.15) is 27.2 Å². The summed E-state index contributed by atoms with van der Waals surface area (Å²) >= 11 is 0. The fourth-order valence-electron chi connectivity index (χ4n) is 2.44. The second-order valence-corrected chi connectivity index (χ2v) is 9.24.